The van der Waals surface area contributed by atoms with Crippen LogP contribution in [0.5, 0.6) is 5.75 Å². The van der Waals surface area contributed by atoms with Gasteiger partial charge in [-0.15, -0.1) is 0 Å². The lowest BCUT2D eigenvalue weighted by Gasteiger charge is -2.09. The number of rotatable bonds is 3. The van der Waals surface area contributed by atoms with Crippen LogP contribution in [-0.4, -0.2) is 19.1 Å². The molecule has 2 aromatic rings. The summed E-state index contributed by atoms with van der Waals surface area (Å²) in [4.78, 5) is 11.8. The molecule has 3 nitrogen and oxygen atoms in total. The predicted octanol–water partition coefficient (Wildman–Crippen LogP) is 2.65. The first-order chi connectivity index (χ1) is 8.84. The van der Waals surface area contributed by atoms with Crippen molar-refractivity contribution in [1.29, 1.82) is 0 Å². The molecule has 1 aliphatic rings. The largest absolute Gasteiger partial charge is 0.493 e. The van der Waals surface area contributed by atoms with Crippen molar-refractivity contribution in [3.05, 3.63) is 52.2 Å². The Morgan fingerprint density at radius 2 is 2.28 bits per heavy atom. The van der Waals surface area contributed by atoms with Gasteiger partial charge in [0.25, 0.3) is 5.91 Å². The number of thiophene rings is 1. The minimum absolute atomic E-state index is 0.0133. The van der Waals surface area contributed by atoms with Crippen molar-refractivity contribution >= 4 is 17.2 Å². The molecular formula is C14H13NO2S. The number of nitrogens with one attached hydrogen (secondary N) is 1. The molecule has 3 rings (SSSR count). The number of fused-ring (bicyclic) bond motifs is 1. The van der Waals surface area contributed by atoms with Gasteiger partial charge in [0.2, 0.25) is 0 Å². The standard InChI is InChI=1S/C14H13NO2S/c16-14(10-5-6-18-9-10)15-7-11-8-17-13-4-2-1-3-12(11)13/h1-6,9,11H,7-8H2,(H,15,16). The topological polar surface area (TPSA) is 38.3 Å². The average Bonchev–Trinajstić information content (AvgIpc) is 3.06. The molecule has 1 aromatic carbocycles. The van der Waals surface area contributed by atoms with E-state index in [2.05, 4.69) is 11.4 Å². The van der Waals surface area contributed by atoms with Crippen molar-refractivity contribution in [1.82, 2.24) is 5.32 Å². The highest BCUT2D eigenvalue weighted by Gasteiger charge is 2.23. The molecule has 1 aliphatic heterocycles. The number of para-hydroxylation sites is 1. The molecule has 1 atom stereocenters. The highest BCUT2D eigenvalue weighted by Crippen LogP contribution is 2.32. The van der Waals surface area contributed by atoms with E-state index in [9.17, 15) is 4.79 Å². The van der Waals surface area contributed by atoms with Gasteiger partial charge in [0, 0.05) is 29.0 Å². The van der Waals surface area contributed by atoms with Crippen LogP contribution >= 0.6 is 11.3 Å². The quantitative estimate of drug-likeness (QED) is 0.920. The maximum absolute atomic E-state index is 11.8. The normalized spacial score (nSPS) is 17.0. The van der Waals surface area contributed by atoms with Crippen molar-refractivity contribution in [3.63, 3.8) is 0 Å². The van der Waals surface area contributed by atoms with E-state index in [1.54, 1.807) is 0 Å². The number of benzene rings is 1. The summed E-state index contributed by atoms with van der Waals surface area (Å²) in [6.07, 6.45) is 0. The summed E-state index contributed by atoms with van der Waals surface area (Å²) in [5.41, 5.74) is 1.91. The number of amides is 1. The first kappa shape index (κ1) is 11.3. The summed E-state index contributed by atoms with van der Waals surface area (Å²) in [5, 5.41) is 6.72. The fourth-order valence-electron chi connectivity index (χ4n) is 2.11. The van der Waals surface area contributed by atoms with Crippen LogP contribution in [0, 0.1) is 0 Å². The SMILES string of the molecule is O=C(NCC1COc2ccccc21)c1ccsc1. The third-order valence-corrected chi connectivity index (χ3v) is 3.77. The Morgan fingerprint density at radius 3 is 3.11 bits per heavy atom. The van der Waals surface area contributed by atoms with E-state index in [1.165, 1.54) is 16.9 Å². The van der Waals surface area contributed by atoms with Crippen molar-refractivity contribution in [2.24, 2.45) is 0 Å². The van der Waals surface area contributed by atoms with Gasteiger partial charge < -0.3 is 10.1 Å². The first-order valence-electron chi connectivity index (χ1n) is 5.87. The molecule has 0 bridgehead atoms. The minimum atomic E-state index is -0.0133. The van der Waals surface area contributed by atoms with Gasteiger partial charge in [-0.2, -0.15) is 11.3 Å². The van der Waals surface area contributed by atoms with E-state index in [0.717, 1.165) is 11.3 Å². The molecule has 0 saturated carbocycles. The third-order valence-electron chi connectivity index (χ3n) is 3.09. The molecular weight excluding hydrogens is 246 g/mol. The lowest BCUT2D eigenvalue weighted by molar-refractivity contribution is 0.0950. The fourth-order valence-corrected chi connectivity index (χ4v) is 2.75. The van der Waals surface area contributed by atoms with Crippen LogP contribution in [-0.2, 0) is 0 Å². The van der Waals surface area contributed by atoms with Gasteiger partial charge in [-0.3, -0.25) is 4.79 Å². The fraction of sp³-hybridized carbons (Fsp3) is 0.214. The molecule has 4 heteroatoms. The Kier molecular flexibility index (Phi) is 3.02. The van der Waals surface area contributed by atoms with Crippen molar-refractivity contribution in [2.45, 2.75) is 5.92 Å². The molecule has 0 saturated heterocycles. The highest BCUT2D eigenvalue weighted by atomic mass is 32.1. The van der Waals surface area contributed by atoms with E-state index in [1.807, 2.05) is 35.0 Å². The molecule has 92 valence electrons. The Balaban J connectivity index is 1.64. The van der Waals surface area contributed by atoms with Gasteiger partial charge in [-0.05, 0) is 17.5 Å². The number of ether oxygens (including phenoxy) is 1. The Bertz CT molecular complexity index is 551. The average molecular weight is 259 g/mol. The highest BCUT2D eigenvalue weighted by molar-refractivity contribution is 7.08. The van der Waals surface area contributed by atoms with Crippen LogP contribution in [0.3, 0.4) is 0 Å². The van der Waals surface area contributed by atoms with E-state index in [4.69, 9.17) is 4.74 Å². The summed E-state index contributed by atoms with van der Waals surface area (Å²) in [6, 6.07) is 9.82. The third kappa shape index (κ3) is 2.11. The molecule has 1 N–H and O–H groups in total. The molecule has 0 radical (unpaired) electrons. The van der Waals surface area contributed by atoms with Gasteiger partial charge in [0.15, 0.2) is 0 Å². The molecule has 2 heterocycles. The zero-order valence-corrected chi connectivity index (χ0v) is 10.6. The minimum Gasteiger partial charge on any atom is -0.493 e. The summed E-state index contributed by atoms with van der Waals surface area (Å²) in [7, 11) is 0. The van der Waals surface area contributed by atoms with Gasteiger partial charge in [-0.1, -0.05) is 18.2 Å². The van der Waals surface area contributed by atoms with Crippen LogP contribution in [0.25, 0.3) is 0 Å². The van der Waals surface area contributed by atoms with Crippen LogP contribution in [0.2, 0.25) is 0 Å². The molecule has 18 heavy (non-hydrogen) atoms. The van der Waals surface area contributed by atoms with Gasteiger partial charge in [-0.25, -0.2) is 0 Å². The van der Waals surface area contributed by atoms with Gasteiger partial charge in [0.05, 0.1) is 6.61 Å². The van der Waals surface area contributed by atoms with Crippen molar-refractivity contribution in [2.75, 3.05) is 13.2 Å². The van der Waals surface area contributed by atoms with E-state index < -0.39 is 0 Å². The van der Waals surface area contributed by atoms with Crippen LogP contribution in [0.1, 0.15) is 21.8 Å². The van der Waals surface area contributed by atoms with E-state index in [-0.39, 0.29) is 11.8 Å². The monoisotopic (exact) mass is 259 g/mol. The number of carbonyl (C=O) groups excluding carboxylic acids is 1. The Labute approximate surface area is 109 Å². The van der Waals surface area contributed by atoms with Crippen molar-refractivity contribution in [3.8, 4) is 5.75 Å². The maximum atomic E-state index is 11.8. The summed E-state index contributed by atoms with van der Waals surface area (Å²) >= 11 is 1.53. The second-order valence-corrected chi connectivity index (χ2v) is 5.05. The Hall–Kier alpha value is -1.81. The number of carbonyl (C=O) groups is 1. The molecule has 1 aromatic heterocycles. The second-order valence-electron chi connectivity index (χ2n) is 4.27. The van der Waals surface area contributed by atoms with E-state index >= 15 is 0 Å². The smallest absolute Gasteiger partial charge is 0.252 e. The molecule has 1 unspecified atom stereocenters. The summed E-state index contributed by atoms with van der Waals surface area (Å²) in [6.45, 7) is 1.26. The van der Waals surface area contributed by atoms with Crippen molar-refractivity contribution < 1.29 is 9.53 Å². The van der Waals surface area contributed by atoms with Gasteiger partial charge in [0.1, 0.15) is 5.75 Å². The van der Waals surface area contributed by atoms with Crippen LogP contribution in [0.15, 0.2) is 41.1 Å². The first-order valence-corrected chi connectivity index (χ1v) is 6.81. The summed E-state index contributed by atoms with van der Waals surface area (Å²) < 4.78 is 5.58. The summed E-state index contributed by atoms with van der Waals surface area (Å²) in [5.74, 6) is 1.18. The predicted molar refractivity (Wildman–Crippen MR) is 71.3 cm³/mol. The van der Waals surface area contributed by atoms with Crippen LogP contribution < -0.4 is 10.1 Å². The van der Waals surface area contributed by atoms with Gasteiger partial charge >= 0.3 is 0 Å². The number of hydrogen-bond acceptors (Lipinski definition) is 3. The van der Waals surface area contributed by atoms with E-state index in [0.29, 0.717) is 13.2 Å². The maximum Gasteiger partial charge on any atom is 0.252 e. The number of hydrogen-bond donors (Lipinski definition) is 1. The lowest BCUT2D eigenvalue weighted by atomic mass is 10.0. The Morgan fingerprint density at radius 1 is 1.39 bits per heavy atom. The molecule has 0 spiro atoms. The second kappa shape index (κ2) is 4.82. The van der Waals surface area contributed by atoms with Crippen LogP contribution in [0.4, 0.5) is 0 Å². The molecule has 0 fully saturated rings. The molecule has 1 amide bonds. The zero-order chi connectivity index (χ0) is 12.4. The zero-order valence-electron chi connectivity index (χ0n) is 9.76. The lowest BCUT2D eigenvalue weighted by Crippen LogP contribution is -2.28. The molecule has 0 aliphatic carbocycles.